The Morgan fingerprint density at radius 3 is 1.78 bits per heavy atom. The third kappa shape index (κ3) is 9.35. The molecule has 0 bridgehead atoms. The van der Waals surface area contributed by atoms with Gasteiger partial charge in [-0.2, -0.15) is 0 Å². The van der Waals surface area contributed by atoms with Gasteiger partial charge in [0, 0.05) is 12.5 Å². The first-order valence-electron chi connectivity index (χ1n) is 26.8. The minimum atomic E-state index is -1.49. The normalized spacial score (nSPS) is 37.3. The number of hydrogen-bond donors (Lipinski definition) is 1. The van der Waals surface area contributed by atoms with Crippen molar-refractivity contribution in [1.29, 1.82) is 0 Å². The summed E-state index contributed by atoms with van der Waals surface area (Å²) in [4.78, 5) is 56.1. The van der Waals surface area contributed by atoms with Gasteiger partial charge in [0.1, 0.15) is 18.4 Å². The predicted molar refractivity (Wildman–Crippen MR) is 271 cm³/mol. The molecule has 384 valence electrons. The molecule has 0 amide bonds. The van der Waals surface area contributed by atoms with Crippen LogP contribution in [0.25, 0.3) is 0 Å². The zero-order valence-corrected chi connectivity index (χ0v) is 42.4. The molecule has 1 spiro atoms. The number of piperidine rings is 1. The summed E-state index contributed by atoms with van der Waals surface area (Å²) in [5.74, 6) is 0.528. The van der Waals surface area contributed by atoms with E-state index in [0.717, 1.165) is 32.2 Å². The number of ether oxygens (including phenoxy) is 7. The molecule has 3 aliphatic heterocycles. The Bertz CT molecular complexity index is 2660. The number of hydrogen-bond acceptors (Lipinski definition) is 12. The molecule has 6 fully saturated rings. The summed E-state index contributed by atoms with van der Waals surface area (Å²) < 4.78 is 46.0. The Morgan fingerprint density at radius 1 is 0.644 bits per heavy atom. The highest BCUT2D eigenvalue weighted by molar-refractivity contribution is 5.91. The van der Waals surface area contributed by atoms with E-state index in [-0.39, 0.29) is 45.5 Å². The Labute approximate surface area is 428 Å². The summed E-state index contributed by atoms with van der Waals surface area (Å²) in [5.41, 5.74) is 2.38. The van der Waals surface area contributed by atoms with Gasteiger partial charge in [-0.05, 0) is 147 Å². The van der Waals surface area contributed by atoms with Crippen LogP contribution in [-0.4, -0.2) is 85.7 Å². The summed E-state index contributed by atoms with van der Waals surface area (Å²) in [6.07, 6.45) is 4.47. The van der Waals surface area contributed by atoms with E-state index >= 15 is 0 Å². The van der Waals surface area contributed by atoms with E-state index in [1.807, 2.05) is 0 Å². The summed E-state index contributed by atoms with van der Waals surface area (Å²) in [7, 11) is 0. The lowest BCUT2D eigenvalue weighted by molar-refractivity contribution is -0.310. The molecule has 16 atom stereocenters. The number of esters is 4. The number of fused-ring (bicyclic) bond motifs is 7. The minimum absolute atomic E-state index is 0.0260. The maximum atomic E-state index is 14.2. The van der Waals surface area contributed by atoms with Crippen LogP contribution in [0, 0.1) is 46.3 Å². The second kappa shape index (κ2) is 20.2. The van der Waals surface area contributed by atoms with Crippen LogP contribution in [0.5, 0.6) is 0 Å². The highest BCUT2D eigenvalue weighted by Gasteiger charge is 2.68. The zero-order chi connectivity index (χ0) is 50.5. The standard InChI is InChI=1S/C61H69NO11/c1-37-27-32-61(62-35-37)38(2)50-48(73-61)34-47-45-26-25-43-33-44(28-30-59(43,3)46(45)29-31-60(47,50)4)68-58-53(72-57(66)42-23-15-8-16-24-42)52(71-56(65)41-21-13-7-14-22-41)51(70-55(64)40-19-11-6-12-20-40)49(69-58)36-67-54(63)39-17-9-5-10-18-39/h5-25,37-38,44-53,58,62H,26-36H2,1-4H3/t37?,38-,44-,45?,46?,47?,48?,49?,50?,51+,52?,53+,58-,59-,60-,61?/m0/s1. The largest absolute Gasteiger partial charge is 0.459 e. The first-order chi connectivity index (χ1) is 35.3. The lowest BCUT2D eigenvalue weighted by Gasteiger charge is -2.59. The molecule has 9 unspecified atom stereocenters. The second-order valence-corrected chi connectivity index (χ2v) is 22.6. The molecule has 4 aromatic carbocycles. The fourth-order valence-corrected chi connectivity index (χ4v) is 14.8. The van der Waals surface area contributed by atoms with Crippen LogP contribution < -0.4 is 5.32 Å². The van der Waals surface area contributed by atoms with Crippen LogP contribution in [0.3, 0.4) is 0 Å². The molecule has 12 nitrogen and oxygen atoms in total. The molecule has 4 aliphatic carbocycles. The lowest BCUT2D eigenvalue weighted by Crippen LogP contribution is -2.63. The fourth-order valence-electron chi connectivity index (χ4n) is 14.8. The van der Waals surface area contributed by atoms with Crippen LogP contribution in [-0.2, 0) is 33.2 Å². The molecule has 0 radical (unpaired) electrons. The number of allylic oxidation sites excluding steroid dienone is 1. The Balaban J connectivity index is 0.890. The van der Waals surface area contributed by atoms with E-state index in [2.05, 4.69) is 39.1 Å². The third-order valence-corrected chi connectivity index (χ3v) is 18.6. The molecule has 73 heavy (non-hydrogen) atoms. The maximum absolute atomic E-state index is 14.2. The summed E-state index contributed by atoms with van der Waals surface area (Å²) >= 11 is 0. The Hall–Kier alpha value is -5.66. The smallest absolute Gasteiger partial charge is 0.338 e. The van der Waals surface area contributed by atoms with Gasteiger partial charge in [-0.15, -0.1) is 0 Å². The van der Waals surface area contributed by atoms with Crippen molar-refractivity contribution in [1.82, 2.24) is 5.32 Å². The van der Waals surface area contributed by atoms with Gasteiger partial charge >= 0.3 is 23.9 Å². The van der Waals surface area contributed by atoms with E-state index in [0.29, 0.717) is 53.9 Å². The molecule has 1 N–H and O–H groups in total. The van der Waals surface area contributed by atoms with Gasteiger partial charge < -0.3 is 33.2 Å². The molecule has 3 heterocycles. The number of carbonyl (C=O) groups excluding carboxylic acids is 4. The molecule has 3 saturated carbocycles. The van der Waals surface area contributed by atoms with Crippen molar-refractivity contribution in [3.63, 3.8) is 0 Å². The summed E-state index contributed by atoms with van der Waals surface area (Å²) in [5, 5.41) is 3.90. The van der Waals surface area contributed by atoms with Crippen molar-refractivity contribution < 1.29 is 52.3 Å². The van der Waals surface area contributed by atoms with Crippen molar-refractivity contribution in [2.45, 2.75) is 134 Å². The lowest BCUT2D eigenvalue weighted by atomic mass is 9.47. The molecule has 3 saturated heterocycles. The number of carbonyl (C=O) groups is 4. The predicted octanol–water partition coefficient (Wildman–Crippen LogP) is 10.6. The van der Waals surface area contributed by atoms with Crippen LogP contribution in [0.15, 0.2) is 133 Å². The van der Waals surface area contributed by atoms with Crippen molar-refractivity contribution in [3.8, 4) is 0 Å². The average molecular weight is 992 g/mol. The molecule has 12 heteroatoms. The molecule has 4 aromatic rings. The SMILES string of the molecule is CC1CCC2(NC1)OC1CC3C4CC=C5C[C@@H](O[C@H]6OC(COC(=O)c7ccccc7)[C@@H](OC(=O)c7ccccc7)C(OC(=O)c7ccccc7)[C@H]6OC(=O)c6ccccc6)CC[C@]5(C)C4CC[C@]3(C)C1[C@@H]2C. The Morgan fingerprint density at radius 2 is 1.21 bits per heavy atom. The molecule has 11 rings (SSSR count). The van der Waals surface area contributed by atoms with Crippen molar-refractivity contribution in [2.75, 3.05) is 13.2 Å². The quantitative estimate of drug-likeness (QED) is 0.0867. The summed E-state index contributed by atoms with van der Waals surface area (Å²) in [6.45, 7) is 10.5. The average Bonchev–Trinajstić information content (AvgIpc) is 3.88. The second-order valence-electron chi connectivity index (χ2n) is 22.6. The van der Waals surface area contributed by atoms with Gasteiger partial charge in [0.2, 0.25) is 0 Å². The van der Waals surface area contributed by atoms with Crippen molar-refractivity contribution in [3.05, 3.63) is 155 Å². The monoisotopic (exact) mass is 991 g/mol. The first-order valence-corrected chi connectivity index (χ1v) is 26.8. The fraction of sp³-hybridized carbons (Fsp3) is 0.508. The van der Waals surface area contributed by atoms with E-state index in [9.17, 15) is 19.2 Å². The van der Waals surface area contributed by atoms with Crippen LogP contribution in [0.1, 0.15) is 127 Å². The number of nitrogens with one attached hydrogen (secondary N) is 1. The maximum Gasteiger partial charge on any atom is 0.338 e. The summed E-state index contributed by atoms with van der Waals surface area (Å²) in [6, 6.07) is 33.8. The molecular formula is C61H69NO11. The topological polar surface area (TPSA) is 145 Å². The van der Waals surface area contributed by atoms with Crippen LogP contribution in [0.4, 0.5) is 0 Å². The van der Waals surface area contributed by atoms with Gasteiger partial charge in [-0.25, -0.2) is 19.2 Å². The van der Waals surface area contributed by atoms with Gasteiger partial charge in [-0.3, -0.25) is 5.32 Å². The number of benzene rings is 4. The van der Waals surface area contributed by atoms with E-state index in [1.165, 1.54) is 24.8 Å². The van der Waals surface area contributed by atoms with E-state index in [4.69, 9.17) is 33.2 Å². The third-order valence-electron chi connectivity index (χ3n) is 18.6. The van der Waals surface area contributed by atoms with Crippen LogP contribution >= 0.6 is 0 Å². The van der Waals surface area contributed by atoms with E-state index in [1.54, 1.807) is 121 Å². The van der Waals surface area contributed by atoms with Crippen molar-refractivity contribution in [2.24, 2.45) is 46.3 Å². The first kappa shape index (κ1) is 49.5. The van der Waals surface area contributed by atoms with Crippen LogP contribution in [0.2, 0.25) is 0 Å². The highest BCUT2D eigenvalue weighted by atomic mass is 16.7. The van der Waals surface area contributed by atoms with Crippen molar-refractivity contribution >= 4 is 23.9 Å². The molecule has 0 aromatic heterocycles. The van der Waals surface area contributed by atoms with Gasteiger partial charge in [0.15, 0.2) is 24.6 Å². The van der Waals surface area contributed by atoms with E-state index < -0.39 is 61.2 Å². The van der Waals surface area contributed by atoms with Gasteiger partial charge in [0.05, 0.1) is 34.5 Å². The highest BCUT2D eigenvalue weighted by Crippen LogP contribution is 2.70. The number of rotatable bonds is 11. The minimum Gasteiger partial charge on any atom is -0.459 e. The van der Waals surface area contributed by atoms with Gasteiger partial charge in [-0.1, -0.05) is 112 Å². The Kier molecular flexibility index (Phi) is 13.7. The molecule has 7 aliphatic rings. The van der Waals surface area contributed by atoms with Gasteiger partial charge in [0.25, 0.3) is 0 Å². The molecular weight excluding hydrogens is 923 g/mol. The zero-order valence-electron chi connectivity index (χ0n) is 42.4.